The van der Waals surface area contributed by atoms with E-state index >= 15 is 0 Å². The zero-order valence-corrected chi connectivity index (χ0v) is 11.0. The normalized spacial score (nSPS) is 10.7. The van der Waals surface area contributed by atoms with Gasteiger partial charge in [0.05, 0.1) is 18.5 Å². The van der Waals surface area contributed by atoms with Crippen LogP contribution in [0.1, 0.15) is 12.5 Å². The molecule has 0 bridgehead atoms. The molecular weight excluding hydrogens is 259 g/mol. The first-order chi connectivity index (χ1) is 9.69. The Morgan fingerprint density at radius 1 is 1.25 bits per heavy atom. The highest BCUT2D eigenvalue weighted by atomic mass is 19.1. The summed E-state index contributed by atoms with van der Waals surface area (Å²) in [5, 5.41) is 13.6. The van der Waals surface area contributed by atoms with Crippen LogP contribution < -0.4 is 10.2 Å². The zero-order chi connectivity index (χ0) is 14.4. The second-order valence-electron chi connectivity index (χ2n) is 4.04. The van der Waals surface area contributed by atoms with Crippen molar-refractivity contribution >= 4 is 11.9 Å². The third-order valence-corrected chi connectivity index (χ3v) is 2.54. The van der Waals surface area contributed by atoms with E-state index in [9.17, 15) is 9.50 Å². The van der Waals surface area contributed by atoms with Crippen LogP contribution in [0.3, 0.4) is 0 Å². The van der Waals surface area contributed by atoms with E-state index < -0.39 is 0 Å². The number of halogens is 1. The predicted octanol–water partition coefficient (Wildman–Crippen LogP) is 3.38. The number of nitrogens with zero attached hydrogens (tertiary/aromatic N) is 1. The monoisotopic (exact) mass is 274 g/mol. The molecule has 2 aromatic rings. The summed E-state index contributed by atoms with van der Waals surface area (Å²) in [6, 6.07) is 10.8. The highest BCUT2D eigenvalue weighted by Crippen LogP contribution is 2.26. The molecule has 0 radical (unpaired) electrons. The van der Waals surface area contributed by atoms with Gasteiger partial charge in [-0.2, -0.15) is 5.10 Å². The van der Waals surface area contributed by atoms with E-state index in [4.69, 9.17) is 4.74 Å². The average Bonchev–Trinajstić information content (AvgIpc) is 2.45. The topological polar surface area (TPSA) is 53.8 Å². The molecule has 2 N–H and O–H groups in total. The molecule has 104 valence electrons. The first-order valence-electron chi connectivity index (χ1n) is 6.19. The van der Waals surface area contributed by atoms with E-state index in [-0.39, 0.29) is 11.6 Å². The van der Waals surface area contributed by atoms with Crippen LogP contribution in [-0.2, 0) is 0 Å². The van der Waals surface area contributed by atoms with E-state index in [1.54, 1.807) is 36.5 Å². The predicted molar refractivity (Wildman–Crippen MR) is 76.9 cm³/mol. The maximum absolute atomic E-state index is 12.7. The number of aromatic hydroxyl groups is 1. The lowest BCUT2D eigenvalue weighted by molar-refractivity contribution is 0.318. The molecule has 0 saturated carbocycles. The lowest BCUT2D eigenvalue weighted by Crippen LogP contribution is -1.94. The van der Waals surface area contributed by atoms with Crippen LogP contribution in [0.2, 0.25) is 0 Å². The van der Waals surface area contributed by atoms with Gasteiger partial charge >= 0.3 is 0 Å². The minimum absolute atomic E-state index is 0.0930. The first kappa shape index (κ1) is 13.9. The summed E-state index contributed by atoms with van der Waals surface area (Å²) < 4.78 is 18.0. The Balaban J connectivity index is 2.03. The molecule has 0 aliphatic heterocycles. The van der Waals surface area contributed by atoms with Crippen molar-refractivity contribution in [3.63, 3.8) is 0 Å². The minimum Gasteiger partial charge on any atom is -0.504 e. The van der Waals surface area contributed by atoms with Gasteiger partial charge in [0.2, 0.25) is 0 Å². The second-order valence-corrected chi connectivity index (χ2v) is 4.04. The third-order valence-electron chi connectivity index (χ3n) is 2.54. The Morgan fingerprint density at radius 2 is 2.00 bits per heavy atom. The molecule has 0 amide bonds. The summed E-state index contributed by atoms with van der Waals surface area (Å²) in [6.07, 6.45) is 1.59. The molecule has 0 aliphatic carbocycles. The Hall–Kier alpha value is -2.56. The van der Waals surface area contributed by atoms with Gasteiger partial charge in [-0.15, -0.1) is 0 Å². The van der Waals surface area contributed by atoms with Gasteiger partial charge in [-0.1, -0.05) is 0 Å². The molecule has 0 fully saturated rings. The lowest BCUT2D eigenvalue weighted by atomic mass is 10.2. The second kappa shape index (κ2) is 6.56. The van der Waals surface area contributed by atoms with Gasteiger partial charge in [-0.25, -0.2) is 4.39 Å². The van der Waals surface area contributed by atoms with Crippen LogP contribution in [0.25, 0.3) is 0 Å². The highest BCUT2D eigenvalue weighted by molar-refractivity contribution is 5.81. The van der Waals surface area contributed by atoms with Crippen molar-refractivity contribution in [2.45, 2.75) is 6.92 Å². The molecule has 2 aromatic carbocycles. The number of hydrogen-bond acceptors (Lipinski definition) is 4. The number of nitrogens with one attached hydrogen (secondary N) is 1. The van der Waals surface area contributed by atoms with Crippen molar-refractivity contribution in [2.75, 3.05) is 12.0 Å². The van der Waals surface area contributed by atoms with Crippen LogP contribution in [0.4, 0.5) is 10.1 Å². The minimum atomic E-state index is -0.292. The zero-order valence-electron chi connectivity index (χ0n) is 11.0. The Kier molecular flexibility index (Phi) is 4.55. The van der Waals surface area contributed by atoms with Crippen LogP contribution in [0.15, 0.2) is 47.6 Å². The van der Waals surface area contributed by atoms with Crippen LogP contribution in [0, 0.1) is 5.82 Å². The maximum Gasteiger partial charge on any atom is 0.161 e. The fourth-order valence-electron chi connectivity index (χ4n) is 1.59. The Morgan fingerprint density at radius 3 is 2.70 bits per heavy atom. The Bertz CT molecular complexity index is 597. The summed E-state index contributed by atoms with van der Waals surface area (Å²) in [5.74, 6) is 0.216. The molecule has 0 aromatic heterocycles. The van der Waals surface area contributed by atoms with Gasteiger partial charge in [0, 0.05) is 0 Å². The highest BCUT2D eigenvalue weighted by Gasteiger charge is 2.01. The van der Waals surface area contributed by atoms with Gasteiger partial charge in [-0.3, -0.25) is 5.43 Å². The van der Waals surface area contributed by atoms with Gasteiger partial charge in [0.1, 0.15) is 5.82 Å². The van der Waals surface area contributed by atoms with Gasteiger partial charge < -0.3 is 9.84 Å². The number of rotatable bonds is 5. The molecule has 0 atom stereocenters. The smallest absolute Gasteiger partial charge is 0.161 e. The van der Waals surface area contributed by atoms with Crippen molar-refractivity contribution in [3.8, 4) is 11.5 Å². The average molecular weight is 274 g/mol. The van der Waals surface area contributed by atoms with E-state index in [0.717, 1.165) is 5.56 Å². The SMILES string of the molecule is CCOc1cc(/C=N\Nc2ccc(F)cc2)ccc1O. The molecule has 0 heterocycles. The number of phenols is 1. The van der Waals surface area contributed by atoms with Crippen molar-refractivity contribution in [3.05, 3.63) is 53.8 Å². The number of benzene rings is 2. The van der Waals surface area contributed by atoms with Crippen molar-refractivity contribution in [1.82, 2.24) is 0 Å². The van der Waals surface area contributed by atoms with Crippen LogP contribution in [-0.4, -0.2) is 17.9 Å². The summed E-state index contributed by atoms with van der Waals surface area (Å²) >= 11 is 0. The lowest BCUT2D eigenvalue weighted by Gasteiger charge is -2.06. The largest absolute Gasteiger partial charge is 0.504 e. The fourth-order valence-corrected chi connectivity index (χ4v) is 1.59. The summed E-state index contributed by atoms with van der Waals surface area (Å²) in [4.78, 5) is 0. The van der Waals surface area contributed by atoms with Crippen LogP contribution in [0.5, 0.6) is 11.5 Å². The number of hydrazone groups is 1. The van der Waals surface area contributed by atoms with Crippen molar-refractivity contribution in [1.29, 1.82) is 0 Å². The quantitative estimate of drug-likeness (QED) is 0.649. The number of anilines is 1. The first-order valence-corrected chi connectivity index (χ1v) is 6.19. The van der Waals surface area contributed by atoms with E-state index in [2.05, 4.69) is 10.5 Å². The number of hydrogen-bond donors (Lipinski definition) is 2. The molecule has 4 nitrogen and oxygen atoms in total. The third kappa shape index (κ3) is 3.71. The molecule has 0 aliphatic rings. The van der Waals surface area contributed by atoms with E-state index in [0.29, 0.717) is 18.0 Å². The fraction of sp³-hybridized carbons (Fsp3) is 0.133. The van der Waals surface area contributed by atoms with Crippen molar-refractivity contribution in [2.24, 2.45) is 5.10 Å². The molecule has 2 rings (SSSR count). The standard InChI is InChI=1S/C15H15FN2O2/c1-2-20-15-9-11(3-8-14(15)19)10-17-18-13-6-4-12(16)5-7-13/h3-10,18-19H,2H2,1H3/b17-10-. The Labute approximate surface area is 116 Å². The molecule has 20 heavy (non-hydrogen) atoms. The van der Waals surface area contributed by atoms with Crippen molar-refractivity contribution < 1.29 is 14.2 Å². The summed E-state index contributed by atoms with van der Waals surface area (Å²) in [7, 11) is 0. The van der Waals surface area contributed by atoms with E-state index in [1.807, 2.05) is 6.92 Å². The summed E-state index contributed by atoms with van der Waals surface area (Å²) in [5.41, 5.74) is 4.25. The molecule has 0 spiro atoms. The number of phenolic OH excluding ortho intramolecular Hbond substituents is 1. The molecule has 5 heteroatoms. The van der Waals surface area contributed by atoms with Gasteiger partial charge in [0.25, 0.3) is 0 Å². The molecular formula is C15H15FN2O2. The molecule has 0 saturated heterocycles. The van der Waals surface area contributed by atoms with Gasteiger partial charge in [-0.05, 0) is 55.0 Å². The maximum atomic E-state index is 12.7. The number of ether oxygens (including phenoxy) is 1. The van der Waals surface area contributed by atoms with Gasteiger partial charge in [0.15, 0.2) is 11.5 Å². The van der Waals surface area contributed by atoms with Crippen LogP contribution >= 0.6 is 0 Å². The molecule has 0 unspecified atom stereocenters. The summed E-state index contributed by atoms with van der Waals surface area (Å²) in [6.45, 7) is 2.32. The van der Waals surface area contributed by atoms with E-state index in [1.165, 1.54) is 12.1 Å².